The largest absolute Gasteiger partial charge is 0.392 e. The Morgan fingerprint density at radius 1 is 1.29 bits per heavy atom. The number of thioether (sulfide) groups is 1. The second-order valence-electron chi connectivity index (χ2n) is 5.62. The second-order valence-corrected chi connectivity index (χ2v) is 6.60. The van der Waals surface area contributed by atoms with E-state index in [0.717, 1.165) is 5.56 Å². The van der Waals surface area contributed by atoms with Crippen molar-refractivity contribution in [2.45, 2.75) is 31.5 Å². The first-order chi connectivity index (χ1) is 11.6. The molecule has 124 valence electrons. The van der Waals surface area contributed by atoms with Crippen molar-refractivity contribution in [1.82, 2.24) is 14.5 Å². The van der Waals surface area contributed by atoms with Crippen LogP contribution in [0.1, 0.15) is 18.9 Å². The normalized spacial score (nSPS) is 12.5. The van der Waals surface area contributed by atoms with Gasteiger partial charge in [-0.25, -0.2) is 14.5 Å². The molecule has 0 aliphatic rings. The molecular weight excluding hydrogens is 322 g/mol. The highest BCUT2D eigenvalue weighted by Crippen LogP contribution is 2.22. The molecule has 0 saturated heterocycles. The zero-order valence-electron chi connectivity index (χ0n) is 13.6. The average Bonchev–Trinajstić information content (AvgIpc) is 2.59. The summed E-state index contributed by atoms with van der Waals surface area (Å²) in [6.45, 7) is 3.88. The number of fused-ring (bicyclic) bond motifs is 1. The zero-order valence-corrected chi connectivity index (χ0v) is 14.5. The van der Waals surface area contributed by atoms with E-state index in [2.05, 4.69) is 9.97 Å². The molecule has 2 aromatic heterocycles. The molecule has 24 heavy (non-hydrogen) atoms. The summed E-state index contributed by atoms with van der Waals surface area (Å²) >= 11 is 1.37. The number of aliphatic hydroxyl groups excluding tert-OH is 1. The van der Waals surface area contributed by atoms with Gasteiger partial charge in [-0.15, -0.1) is 0 Å². The van der Waals surface area contributed by atoms with Crippen LogP contribution in [-0.4, -0.2) is 31.5 Å². The molecule has 0 unspecified atom stereocenters. The number of aromatic nitrogens is 3. The van der Waals surface area contributed by atoms with E-state index in [0.29, 0.717) is 34.1 Å². The highest BCUT2D eigenvalue weighted by molar-refractivity contribution is 7.99. The fourth-order valence-corrected chi connectivity index (χ4v) is 3.39. The van der Waals surface area contributed by atoms with Gasteiger partial charge in [0.1, 0.15) is 5.82 Å². The third-order valence-electron chi connectivity index (χ3n) is 3.75. The van der Waals surface area contributed by atoms with Crippen molar-refractivity contribution in [1.29, 1.82) is 0 Å². The minimum Gasteiger partial charge on any atom is -0.392 e. The molecular formula is C18H19N3O2S. The van der Waals surface area contributed by atoms with Crippen molar-refractivity contribution in [3.63, 3.8) is 0 Å². The molecule has 0 radical (unpaired) electrons. The Kier molecular flexibility index (Phi) is 4.97. The Bertz CT molecular complexity index is 924. The lowest BCUT2D eigenvalue weighted by molar-refractivity contribution is 0.195. The van der Waals surface area contributed by atoms with Crippen molar-refractivity contribution in [2.75, 3.05) is 5.75 Å². The van der Waals surface area contributed by atoms with E-state index >= 15 is 0 Å². The van der Waals surface area contributed by atoms with Crippen LogP contribution in [0, 0.1) is 6.92 Å². The number of pyridine rings is 1. The van der Waals surface area contributed by atoms with Gasteiger partial charge in [0.25, 0.3) is 5.56 Å². The second kappa shape index (κ2) is 7.15. The van der Waals surface area contributed by atoms with Crippen LogP contribution in [0.2, 0.25) is 0 Å². The molecule has 6 heteroatoms. The van der Waals surface area contributed by atoms with Crippen molar-refractivity contribution in [3.05, 3.63) is 58.5 Å². The van der Waals surface area contributed by atoms with Crippen LogP contribution in [-0.2, 0) is 0 Å². The van der Waals surface area contributed by atoms with Crippen molar-refractivity contribution in [3.8, 4) is 5.82 Å². The average molecular weight is 341 g/mol. The number of benzene rings is 1. The first-order valence-electron chi connectivity index (χ1n) is 7.86. The number of aryl methyl sites for hydroxylation is 1. The first-order valence-corrected chi connectivity index (χ1v) is 8.84. The van der Waals surface area contributed by atoms with Gasteiger partial charge in [0.15, 0.2) is 5.16 Å². The summed E-state index contributed by atoms with van der Waals surface area (Å²) in [4.78, 5) is 21.9. The lowest BCUT2D eigenvalue weighted by Gasteiger charge is -2.14. The maximum atomic E-state index is 13.0. The fraction of sp³-hybridized carbons (Fsp3) is 0.278. The Balaban J connectivity index is 2.19. The number of aliphatic hydroxyl groups is 1. The predicted octanol–water partition coefficient (Wildman–Crippen LogP) is 2.95. The molecule has 0 saturated carbocycles. The minimum atomic E-state index is -0.433. The summed E-state index contributed by atoms with van der Waals surface area (Å²) < 4.78 is 1.53. The maximum Gasteiger partial charge on any atom is 0.267 e. The number of nitrogens with zero attached hydrogens (tertiary/aromatic N) is 3. The van der Waals surface area contributed by atoms with E-state index in [1.54, 1.807) is 12.3 Å². The maximum absolute atomic E-state index is 13.0. The minimum absolute atomic E-state index is 0.146. The first kappa shape index (κ1) is 16.7. The van der Waals surface area contributed by atoms with Crippen LogP contribution >= 0.6 is 11.8 Å². The Hall–Kier alpha value is -2.18. The van der Waals surface area contributed by atoms with Gasteiger partial charge in [0.05, 0.1) is 17.0 Å². The number of hydrogen-bond acceptors (Lipinski definition) is 5. The molecule has 0 spiro atoms. The van der Waals surface area contributed by atoms with Crippen LogP contribution < -0.4 is 5.56 Å². The highest BCUT2D eigenvalue weighted by Gasteiger charge is 2.15. The molecule has 0 aliphatic heterocycles. The number of para-hydroxylation sites is 1. The molecule has 1 N–H and O–H groups in total. The van der Waals surface area contributed by atoms with Gasteiger partial charge in [-0.3, -0.25) is 4.79 Å². The summed E-state index contributed by atoms with van der Waals surface area (Å²) in [6, 6.07) is 11.0. The van der Waals surface area contributed by atoms with Gasteiger partial charge in [-0.1, -0.05) is 30.8 Å². The van der Waals surface area contributed by atoms with Gasteiger partial charge in [0, 0.05) is 11.9 Å². The van der Waals surface area contributed by atoms with Crippen LogP contribution in [0.5, 0.6) is 0 Å². The fourth-order valence-electron chi connectivity index (χ4n) is 2.34. The molecule has 0 bridgehead atoms. The van der Waals surface area contributed by atoms with E-state index < -0.39 is 6.10 Å². The van der Waals surface area contributed by atoms with Crippen molar-refractivity contribution < 1.29 is 5.11 Å². The predicted molar refractivity (Wildman–Crippen MR) is 96.9 cm³/mol. The molecule has 0 amide bonds. The third-order valence-corrected chi connectivity index (χ3v) is 4.83. The quantitative estimate of drug-likeness (QED) is 0.571. The standard InChI is InChI=1S/C18H19N3O2S/c1-3-13(22)11-24-18-20-15-7-5-4-6-14(15)17(23)21(18)16-10-12(2)8-9-19-16/h4-10,13,22H,3,11H2,1-2H3/t13-/m0/s1. The molecule has 3 aromatic rings. The molecule has 1 aromatic carbocycles. The highest BCUT2D eigenvalue weighted by atomic mass is 32.2. The molecule has 5 nitrogen and oxygen atoms in total. The van der Waals surface area contributed by atoms with E-state index in [-0.39, 0.29) is 5.56 Å². The Labute approximate surface area is 144 Å². The number of hydrogen-bond donors (Lipinski definition) is 1. The van der Waals surface area contributed by atoms with E-state index in [1.165, 1.54) is 16.3 Å². The monoisotopic (exact) mass is 341 g/mol. The summed E-state index contributed by atoms with van der Waals surface area (Å²) in [5.41, 5.74) is 1.52. The van der Waals surface area contributed by atoms with Crippen LogP contribution in [0.4, 0.5) is 0 Å². The smallest absolute Gasteiger partial charge is 0.267 e. The van der Waals surface area contributed by atoms with Crippen molar-refractivity contribution >= 4 is 22.7 Å². The van der Waals surface area contributed by atoms with Gasteiger partial charge >= 0.3 is 0 Å². The topological polar surface area (TPSA) is 68.0 Å². The van der Waals surface area contributed by atoms with Crippen LogP contribution in [0.25, 0.3) is 16.7 Å². The van der Waals surface area contributed by atoms with Gasteiger partial charge < -0.3 is 5.11 Å². The summed E-state index contributed by atoms with van der Waals surface area (Å²) in [6.07, 6.45) is 1.91. The van der Waals surface area contributed by atoms with Gasteiger partial charge in [0.2, 0.25) is 0 Å². The van der Waals surface area contributed by atoms with Crippen LogP contribution in [0.15, 0.2) is 52.5 Å². The summed E-state index contributed by atoms with van der Waals surface area (Å²) in [7, 11) is 0. The number of rotatable bonds is 5. The van der Waals surface area contributed by atoms with Crippen molar-refractivity contribution in [2.24, 2.45) is 0 Å². The zero-order chi connectivity index (χ0) is 17.1. The SMILES string of the molecule is CC[C@H](O)CSc1nc2ccccc2c(=O)n1-c1cc(C)ccn1. The molecule has 1 atom stereocenters. The van der Waals surface area contributed by atoms with Gasteiger partial charge in [-0.2, -0.15) is 0 Å². The van der Waals surface area contributed by atoms with E-state index in [9.17, 15) is 9.90 Å². The molecule has 3 rings (SSSR count). The lowest BCUT2D eigenvalue weighted by Crippen LogP contribution is -2.23. The van der Waals surface area contributed by atoms with Gasteiger partial charge in [-0.05, 0) is 43.2 Å². The summed E-state index contributed by atoms with van der Waals surface area (Å²) in [5.74, 6) is 1.03. The molecule has 0 fully saturated rings. The van der Waals surface area contributed by atoms with E-state index in [1.807, 2.05) is 44.2 Å². The van der Waals surface area contributed by atoms with E-state index in [4.69, 9.17) is 0 Å². The molecule has 2 heterocycles. The Morgan fingerprint density at radius 2 is 2.08 bits per heavy atom. The Morgan fingerprint density at radius 3 is 2.83 bits per heavy atom. The van der Waals surface area contributed by atoms with Crippen LogP contribution in [0.3, 0.4) is 0 Å². The third kappa shape index (κ3) is 3.34. The molecule has 0 aliphatic carbocycles. The lowest BCUT2D eigenvalue weighted by atomic mass is 10.2. The summed E-state index contributed by atoms with van der Waals surface area (Å²) in [5, 5.41) is 11.0.